The maximum atomic E-state index is 2.49. The van der Waals surface area contributed by atoms with Gasteiger partial charge in [-0.3, -0.25) is 0 Å². The van der Waals surface area contributed by atoms with Crippen molar-refractivity contribution in [1.82, 2.24) is 0 Å². The van der Waals surface area contributed by atoms with Gasteiger partial charge in [0.15, 0.2) is 0 Å². The van der Waals surface area contributed by atoms with Crippen LogP contribution in [0.5, 0.6) is 0 Å². The zero-order valence-corrected chi connectivity index (χ0v) is 28.9. The summed E-state index contributed by atoms with van der Waals surface area (Å²) in [5, 5.41) is 10.5. The average molecular weight is 655 g/mol. The van der Waals surface area contributed by atoms with Crippen LogP contribution in [0.2, 0.25) is 0 Å². The molecule has 1 heterocycles. The van der Waals surface area contributed by atoms with Crippen LogP contribution in [0.3, 0.4) is 0 Å². The van der Waals surface area contributed by atoms with E-state index < -0.39 is 0 Å². The molecule has 0 fully saturated rings. The van der Waals surface area contributed by atoms with Crippen molar-refractivity contribution >= 4 is 63.8 Å². The molecule has 0 spiro atoms. The summed E-state index contributed by atoms with van der Waals surface area (Å²) in [4.78, 5) is 0. The van der Waals surface area contributed by atoms with E-state index in [0.29, 0.717) is 0 Å². The van der Waals surface area contributed by atoms with Crippen LogP contribution in [-0.4, -0.2) is 0 Å². The van der Waals surface area contributed by atoms with Crippen molar-refractivity contribution in [2.75, 3.05) is 0 Å². The number of thiophene rings is 1. The van der Waals surface area contributed by atoms with Crippen LogP contribution in [0.15, 0.2) is 170 Å². The molecule has 1 aliphatic carbocycles. The van der Waals surface area contributed by atoms with Gasteiger partial charge in [-0.1, -0.05) is 166 Å². The summed E-state index contributed by atoms with van der Waals surface area (Å²) in [5.74, 6) is 0. The molecule has 1 aliphatic rings. The molecule has 236 valence electrons. The molecule has 1 aromatic heterocycles. The Balaban J connectivity index is 1.25. The quantitative estimate of drug-likeness (QED) is 0.174. The predicted molar refractivity (Wildman–Crippen MR) is 218 cm³/mol. The van der Waals surface area contributed by atoms with Gasteiger partial charge >= 0.3 is 0 Å². The Morgan fingerprint density at radius 1 is 0.420 bits per heavy atom. The molecule has 9 aromatic rings. The van der Waals surface area contributed by atoms with Gasteiger partial charge in [0.1, 0.15) is 0 Å². The lowest BCUT2D eigenvalue weighted by atomic mass is 9.79. The minimum absolute atomic E-state index is 0.178. The van der Waals surface area contributed by atoms with Gasteiger partial charge in [0.05, 0.1) is 0 Å². The van der Waals surface area contributed by atoms with Crippen LogP contribution < -0.4 is 0 Å². The van der Waals surface area contributed by atoms with E-state index >= 15 is 0 Å². The van der Waals surface area contributed by atoms with E-state index in [1.54, 1.807) is 0 Å². The fourth-order valence-corrected chi connectivity index (χ4v) is 9.82. The molecule has 0 saturated carbocycles. The molecule has 0 nitrogen and oxygen atoms in total. The summed E-state index contributed by atoms with van der Waals surface area (Å²) >= 11 is 1.93. The Hall–Kier alpha value is -5.76. The molecule has 0 radical (unpaired) electrons. The Morgan fingerprint density at radius 3 is 1.72 bits per heavy atom. The highest BCUT2D eigenvalue weighted by atomic mass is 32.1. The lowest BCUT2D eigenvalue weighted by molar-refractivity contribution is 0.667. The van der Waals surface area contributed by atoms with E-state index in [-0.39, 0.29) is 5.41 Å². The molecule has 0 unspecified atom stereocenters. The van der Waals surface area contributed by atoms with E-state index in [2.05, 4.69) is 184 Å². The summed E-state index contributed by atoms with van der Waals surface area (Å²) in [6.07, 6.45) is 0. The van der Waals surface area contributed by atoms with Crippen molar-refractivity contribution in [3.8, 4) is 33.4 Å². The lowest BCUT2D eigenvalue weighted by Gasteiger charge is -2.24. The average Bonchev–Trinajstić information content (AvgIpc) is 3.65. The minimum atomic E-state index is -0.178. The van der Waals surface area contributed by atoms with Crippen molar-refractivity contribution in [1.29, 1.82) is 0 Å². The van der Waals surface area contributed by atoms with Gasteiger partial charge in [-0.2, -0.15) is 0 Å². The van der Waals surface area contributed by atoms with E-state index in [9.17, 15) is 0 Å². The monoisotopic (exact) mass is 654 g/mol. The molecule has 0 aliphatic heterocycles. The Kier molecular flexibility index (Phi) is 6.50. The normalized spacial score (nSPS) is 13.2. The summed E-state index contributed by atoms with van der Waals surface area (Å²) < 4.78 is 2.74. The van der Waals surface area contributed by atoms with Crippen molar-refractivity contribution in [3.63, 3.8) is 0 Å². The second-order valence-electron chi connectivity index (χ2n) is 14.0. The molecular weight excluding hydrogens is 621 g/mol. The number of rotatable bonds is 2. The zero-order chi connectivity index (χ0) is 33.4. The standard InChI is InChI=1S/C49H34S/c1-49(2)43-30-34(27-28-41(43)45-46-42-23-13-14-24-44(42)50-48(46)40-22-12-11-21-39(40)47(45)49)36-18-6-4-3-5-17-35(37-19-9-10-20-38(36)37)33-26-25-31-15-7-8-16-32(31)29-33/h3-30H,1-2H3. The molecule has 1 heteroatoms. The fourth-order valence-electron chi connectivity index (χ4n) is 8.57. The van der Waals surface area contributed by atoms with Crippen molar-refractivity contribution in [2.24, 2.45) is 0 Å². The molecule has 0 amide bonds. The van der Waals surface area contributed by atoms with Gasteiger partial charge < -0.3 is 0 Å². The van der Waals surface area contributed by atoms with Crippen LogP contribution in [0, 0.1) is 0 Å². The molecule has 8 aromatic carbocycles. The summed E-state index contributed by atoms with van der Waals surface area (Å²) in [6.45, 7) is 4.85. The van der Waals surface area contributed by atoms with E-state index in [1.807, 2.05) is 11.3 Å². The minimum Gasteiger partial charge on any atom is -0.135 e. The maximum Gasteiger partial charge on any atom is 0.0440 e. The predicted octanol–water partition coefficient (Wildman–Crippen LogP) is 14.3. The van der Waals surface area contributed by atoms with Gasteiger partial charge in [-0.15, -0.1) is 11.3 Å². The maximum absolute atomic E-state index is 2.49. The summed E-state index contributed by atoms with van der Waals surface area (Å²) in [6, 6.07) is 62.8. The van der Waals surface area contributed by atoms with Crippen LogP contribution in [0.4, 0.5) is 0 Å². The highest BCUT2D eigenvalue weighted by molar-refractivity contribution is 7.26. The van der Waals surface area contributed by atoms with Crippen LogP contribution in [0.25, 0.3) is 85.9 Å². The van der Waals surface area contributed by atoms with Crippen molar-refractivity contribution < 1.29 is 0 Å². The smallest absolute Gasteiger partial charge is 0.0440 e. The molecule has 10 rings (SSSR count). The third-order valence-electron chi connectivity index (χ3n) is 10.9. The molecule has 0 atom stereocenters. The Morgan fingerprint density at radius 2 is 0.980 bits per heavy atom. The Labute approximate surface area is 296 Å². The second-order valence-corrected chi connectivity index (χ2v) is 15.1. The van der Waals surface area contributed by atoms with E-state index in [1.165, 1.54) is 97.0 Å². The highest BCUT2D eigenvalue weighted by Crippen LogP contribution is 2.57. The van der Waals surface area contributed by atoms with Crippen LogP contribution in [0.1, 0.15) is 25.0 Å². The lowest BCUT2D eigenvalue weighted by Crippen LogP contribution is -2.15. The number of fused-ring (bicyclic) bond motifs is 12. The van der Waals surface area contributed by atoms with Gasteiger partial charge in [-0.05, 0) is 95.0 Å². The fraction of sp³-hybridized carbons (Fsp3) is 0.0612. The van der Waals surface area contributed by atoms with Crippen LogP contribution in [-0.2, 0) is 5.41 Å². The van der Waals surface area contributed by atoms with E-state index in [0.717, 1.165) is 0 Å². The first-order valence-electron chi connectivity index (χ1n) is 17.4. The zero-order valence-electron chi connectivity index (χ0n) is 28.1. The molecule has 0 saturated heterocycles. The third-order valence-corrected chi connectivity index (χ3v) is 12.1. The summed E-state index contributed by atoms with van der Waals surface area (Å²) in [7, 11) is 0. The van der Waals surface area contributed by atoms with Gasteiger partial charge in [0.25, 0.3) is 0 Å². The molecule has 0 bridgehead atoms. The summed E-state index contributed by atoms with van der Waals surface area (Å²) in [5.41, 5.74) is 10.3. The SMILES string of the molecule is CC1(C)c2cc(-c3ccccccc(-c4ccc5ccccc5c4)c4ccccc34)ccc2-c2c1c1ccccc1c1sc3ccccc3c21. The third kappa shape index (κ3) is 4.30. The van der Waals surface area contributed by atoms with Gasteiger partial charge in [0.2, 0.25) is 0 Å². The molecular formula is C49H34S. The largest absolute Gasteiger partial charge is 0.135 e. The van der Waals surface area contributed by atoms with E-state index in [4.69, 9.17) is 0 Å². The highest BCUT2D eigenvalue weighted by Gasteiger charge is 2.39. The number of hydrogen-bond donors (Lipinski definition) is 0. The first-order valence-corrected chi connectivity index (χ1v) is 18.3. The topological polar surface area (TPSA) is 0 Å². The van der Waals surface area contributed by atoms with Crippen molar-refractivity contribution in [3.05, 3.63) is 181 Å². The van der Waals surface area contributed by atoms with Crippen molar-refractivity contribution in [2.45, 2.75) is 19.3 Å². The number of benzene rings is 7. The molecule has 0 N–H and O–H groups in total. The second kappa shape index (κ2) is 11.1. The number of hydrogen-bond acceptors (Lipinski definition) is 1. The Bertz CT molecular complexity index is 2900. The van der Waals surface area contributed by atoms with Gasteiger partial charge in [0, 0.05) is 25.6 Å². The van der Waals surface area contributed by atoms with Gasteiger partial charge in [-0.25, -0.2) is 0 Å². The molecule has 50 heavy (non-hydrogen) atoms. The van der Waals surface area contributed by atoms with Crippen LogP contribution >= 0.6 is 11.3 Å². The first-order chi connectivity index (χ1) is 24.6. The first kappa shape index (κ1) is 29.2.